The van der Waals surface area contributed by atoms with E-state index in [1.807, 2.05) is 0 Å². The van der Waals surface area contributed by atoms with Crippen molar-refractivity contribution in [1.82, 2.24) is 4.98 Å². The number of nitriles is 1. The lowest BCUT2D eigenvalue weighted by molar-refractivity contribution is 0.475. The quantitative estimate of drug-likeness (QED) is 0.810. The van der Waals surface area contributed by atoms with E-state index in [4.69, 9.17) is 11.0 Å². The van der Waals surface area contributed by atoms with Crippen LogP contribution in [0.3, 0.4) is 0 Å². The summed E-state index contributed by atoms with van der Waals surface area (Å²) in [5.74, 6) is 0.214. The van der Waals surface area contributed by atoms with E-state index in [0.717, 1.165) is 10.6 Å². The molecule has 0 aliphatic rings. The molecule has 0 bridgehead atoms. The van der Waals surface area contributed by atoms with Gasteiger partial charge in [0.25, 0.3) is 0 Å². The minimum Gasteiger partial charge on any atom is -0.508 e. The molecule has 1 aromatic carbocycles. The average molecular weight is 257 g/mol. The normalized spacial score (nSPS) is 11.8. The first-order valence-corrected chi connectivity index (χ1v) is 6.11. The highest BCUT2D eigenvalue weighted by Gasteiger charge is 2.10. The summed E-state index contributed by atoms with van der Waals surface area (Å²) in [6.07, 6.45) is 0. The fourth-order valence-electron chi connectivity index (χ4n) is 1.47. The molecule has 0 fully saturated rings. The van der Waals surface area contributed by atoms with E-state index in [0.29, 0.717) is 17.0 Å². The molecular formula is C13H11N3OS. The van der Waals surface area contributed by atoms with Gasteiger partial charge in [-0.2, -0.15) is 5.26 Å². The van der Waals surface area contributed by atoms with Gasteiger partial charge in [-0.1, -0.05) is 0 Å². The van der Waals surface area contributed by atoms with Crippen LogP contribution in [0.1, 0.15) is 12.6 Å². The lowest BCUT2D eigenvalue weighted by atomic mass is 10.2. The molecular weight excluding hydrogens is 246 g/mol. The number of rotatable bonds is 2. The van der Waals surface area contributed by atoms with Crippen LogP contribution >= 0.6 is 11.3 Å². The first-order valence-electron chi connectivity index (χ1n) is 5.23. The minimum absolute atomic E-state index is 0.214. The third kappa shape index (κ3) is 2.34. The Morgan fingerprint density at radius 3 is 2.61 bits per heavy atom. The molecule has 4 nitrogen and oxygen atoms in total. The monoisotopic (exact) mass is 257 g/mol. The Morgan fingerprint density at radius 1 is 1.39 bits per heavy atom. The number of phenolic OH excluding ortho intramolecular Hbond substituents is 1. The third-order valence-corrected chi connectivity index (χ3v) is 3.27. The summed E-state index contributed by atoms with van der Waals surface area (Å²) in [5.41, 5.74) is 7.98. The van der Waals surface area contributed by atoms with Crippen LogP contribution < -0.4 is 5.73 Å². The number of nitrogens with two attached hydrogens (primary N) is 1. The average Bonchev–Trinajstić information content (AvgIpc) is 2.80. The Morgan fingerprint density at radius 2 is 2.06 bits per heavy atom. The number of allylic oxidation sites excluding steroid dienone is 2. The lowest BCUT2D eigenvalue weighted by Crippen LogP contribution is -1.96. The van der Waals surface area contributed by atoms with Crippen LogP contribution in [-0.4, -0.2) is 10.1 Å². The Balaban J connectivity index is 2.40. The molecule has 3 N–H and O–H groups in total. The summed E-state index contributed by atoms with van der Waals surface area (Å²) < 4.78 is 0. The lowest BCUT2D eigenvalue weighted by Gasteiger charge is -1.97. The Bertz CT molecular complexity index is 631. The second-order valence-corrected chi connectivity index (χ2v) is 4.61. The molecule has 0 aliphatic heterocycles. The SMILES string of the molecule is C/C(N)=C(/C#N)c1csc(-c2ccc(O)cc2)n1. The molecule has 5 heteroatoms. The maximum Gasteiger partial charge on any atom is 0.124 e. The fraction of sp³-hybridized carbons (Fsp3) is 0.0769. The first-order chi connectivity index (χ1) is 8.61. The summed E-state index contributed by atoms with van der Waals surface area (Å²) in [5, 5.41) is 20.8. The zero-order valence-electron chi connectivity index (χ0n) is 9.71. The molecule has 0 amide bonds. The Kier molecular flexibility index (Phi) is 3.31. The molecule has 0 saturated heterocycles. The van der Waals surface area contributed by atoms with E-state index in [-0.39, 0.29) is 5.75 Å². The minimum atomic E-state index is 0.214. The molecule has 18 heavy (non-hydrogen) atoms. The topological polar surface area (TPSA) is 82.9 Å². The van der Waals surface area contributed by atoms with Crippen molar-refractivity contribution in [3.63, 3.8) is 0 Å². The summed E-state index contributed by atoms with van der Waals surface area (Å²) in [6.45, 7) is 1.68. The number of nitrogens with zero attached hydrogens (tertiary/aromatic N) is 2. The highest BCUT2D eigenvalue weighted by Crippen LogP contribution is 2.28. The van der Waals surface area contributed by atoms with Gasteiger partial charge < -0.3 is 10.8 Å². The van der Waals surface area contributed by atoms with Gasteiger partial charge in [0.1, 0.15) is 16.8 Å². The number of benzene rings is 1. The van der Waals surface area contributed by atoms with Crippen LogP contribution in [0.5, 0.6) is 5.75 Å². The van der Waals surface area contributed by atoms with Crippen LogP contribution in [0.25, 0.3) is 16.1 Å². The third-order valence-electron chi connectivity index (χ3n) is 2.38. The van der Waals surface area contributed by atoms with E-state index >= 15 is 0 Å². The van der Waals surface area contributed by atoms with E-state index < -0.39 is 0 Å². The van der Waals surface area contributed by atoms with Gasteiger partial charge in [-0.05, 0) is 31.2 Å². The van der Waals surface area contributed by atoms with Gasteiger partial charge in [0.2, 0.25) is 0 Å². The molecule has 0 radical (unpaired) electrons. The molecule has 1 aromatic heterocycles. The van der Waals surface area contributed by atoms with Crippen molar-refractivity contribution in [1.29, 1.82) is 5.26 Å². The fourth-order valence-corrected chi connectivity index (χ4v) is 2.29. The molecule has 0 atom stereocenters. The number of thiazole rings is 1. The second kappa shape index (κ2) is 4.90. The summed E-state index contributed by atoms with van der Waals surface area (Å²) in [7, 11) is 0. The van der Waals surface area contributed by atoms with E-state index in [2.05, 4.69) is 11.1 Å². The van der Waals surface area contributed by atoms with E-state index in [1.165, 1.54) is 11.3 Å². The molecule has 90 valence electrons. The van der Waals surface area contributed by atoms with E-state index in [9.17, 15) is 5.11 Å². The van der Waals surface area contributed by atoms with Gasteiger partial charge >= 0.3 is 0 Å². The first kappa shape index (κ1) is 12.1. The highest BCUT2D eigenvalue weighted by molar-refractivity contribution is 7.13. The van der Waals surface area contributed by atoms with Gasteiger partial charge in [-0.15, -0.1) is 11.3 Å². The van der Waals surface area contributed by atoms with Gasteiger partial charge in [0.15, 0.2) is 0 Å². The van der Waals surface area contributed by atoms with Gasteiger partial charge in [0, 0.05) is 16.6 Å². The molecule has 0 aliphatic carbocycles. The van der Waals surface area contributed by atoms with Crippen molar-refractivity contribution in [3.8, 4) is 22.4 Å². The summed E-state index contributed by atoms with van der Waals surface area (Å²) in [4.78, 5) is 4.38. The predicted molar refractivity (Wildman–Crippen MR) is 71.6 cm³/mol. The molecule has 1 heterocycles. The maximum atomic E-state index is 9.22. The standard InChI is InChI=1S/C13H11N3OS/c1-8(15)11(6-14)12-7-18-13(16-12)9-2-4-10(17)5-3-9/h2-5,7,17H,15H2,1H3/b11-8+. The Labute approximate surface area is 109 Å². The molecule has 0 unspecified atom stereocenters. The van der Waals surface area contributed by atoms with Crippen LogP contribution in [0, 0.1) is 11.3 Å². The molecule has 2 rings (SSSR count). The van der Waals surface area contributed by atoms with Crippen molar-refractivity contribution in [2.45, 2.75) is 6.92 Å². The molecule has 2 aromatic rings. The second-order valence-electron chi connectivity index (χ2n) is 3.75. The van der Waals surface area contributed by atoms with Crippen LogP contribution in [0.2, 0.25) is 0 Å². The summed E-state index contributed by atoms with van der Waals surface area (Å²) in [6, 6.07) is 8.82. The predicted octanol–water partition coefficient (Wildman–Crippen LogP) is 2.73. The zero-order valence-corrected chi connectivity index (χ0v) is 10.5. The van der Waals surface area contributed by atoms with Crippen LogP contribution in [0.15, 0.2) is 35.3 Å². The van der Waals surface area contributed by atoms with Crippen molar-refractivity contribution < 1.29 is 5.11 Å². The number of aromatic nitrogens is 1. The van der Waals surface area contributed by atoms with Gasteiger partial charge in [-0.3, -0.25) is 0 Å². The van der Waals surface area contributed by atoms with E-state index in [1.54, 1.807) is 36.6 Å². The van der Waals surface area contributed by atoms with Crippen LogP contribution in [0.4, 0.5) is 0 Å². The number of aromatic hydroxyl groups is 1. The largest absolute Gasteiger partial charge is 0.508 e. The summed E-state index contributed by atoms with van der Waals surface area (Å²) >= 11 is 1.44. The highest BCUT2D eigenvalue weighted by atomic mass is 32.1. The van der Waals surface area contributed by atoms with Crippen molar-refractivity contribution in [2.24, 2.45) is 5.73 Å². The molecule has 0 saturated carbocycles. The van der Waals surface area contributed by atoms with Crippen LogP contribution in [-0.2, 0) is 0 Å². The zero-order chi connectivity index (χ0) is 13.1. The van der Waals surface area contributed by atoms with Crippen molar-refractivity contribution >= 4 is 16.9 Å². The smallest absolute Gasteiger partial charge is 0.124 e. The molecule has 0 spiro atoms. The Hall–Kier alpha value is -2.32. The van der Waals surface area contributed by atoms with Gasteiger partial charge in [0.05, 0.1) is 11.3 Å². The maximum absolute atomic E-state index is 9.22. The number of hydrogen-bond donors (Lipinski definition) is 2. The van der Waals surface area contributed by atoms with Gasteiger partial charge in [-0.25, -0.2) is 4.98 Å². The van der Waals surface area contributed by atoms with Crippen molar-refractivity contribution in [2.75, 3.05) is 0 Å². The van der Waals surface area contributed by atoms with Crippen molar-refractivity contribution in [3.05, 3.63) is 41.0 Å². The number of hydrogen-bond acceptors (Lipinski definition) is 5. The number of phenols is 1.